The predicted molar refractivity (Wildman–Crippen MR) is 48.5 cm³/mol. The van der Waals surface area contributed by atoms with Gasteiger partial charge in [-0.15, -0.1) is 0 Å². The smallest absolute Gasteiger partial charge is 0.550 e. The molecule has 66 valence electrons. The standard InChI is InChI=1S/C4H8OS2.C2H4O2.Na/c1-3(2)5-4(6)7;1-2(3)4;/h3H,1-2H3,(H,6,7);1H3,(H,3,4);/q;;+1/p-1. The SMILES string of the molecule is CC(=O)[O-].CC(C)OC(=S)S.[Na+]. The molecule has 0 aliphatic rings. The summed E-state index contributed by atoms with van der Waals surface area (Å²) < 4.78 is 5.16. The number of ether oxygens (including phenoxy) is 1. The van der Waals surface area contributed by atoms with Crippen molar-refractivity contribution in [3.8, 4) is 0 Å². The molecule has 0 saturated carbocycles. The molecule has 0 radical (unpaired) electrons. The van der Waals surface area contributed by atoms with Crippen LogP contribution in [0.15, 0.2) is 0 Å². The third kappa shape index (κ3) is 45.5. The molecule has 0 aromatic heterocycles. The minimum Gasteiger partial charge on any atom is -0.550 e. The van der Waals surface area contributed by atoms with Crippen molar-refractivity contribution >= 4 is 35.2 Å². The van der Waals surface area contributed by atoms with Gasteiger partial charge in [0.2, 0.25) is 4.38 Å². The summed E-state index contributed by atoms with van der Waals surface area (Å²) in [6.07, 6.45) is 0.157. The van der Waals surface area contributed by atoms with Crippen LogP contribution in [0.5, 0.6) is 0 Å². The van der Waals surface area contributed by atoms with E-state index in [1.807, 2.05) is 13.8 Å². The van der Waals surface area contributed by atoms with Gasteiger partial charge in [0.05, 0.1) is 6.10 Å². The summed E-state index contributed by atoms with van der Waals surface area (Å²) in [5.74, 6) is -1.08. The summed E-state index contributed by atoms with van der Waals surface area (Å²) in [5, 5.41) is 8.89. The number of thiocarbonyl (C=S) groups is 1. The Morgan fingerprint density at radius 1 is 1.58 bits per heavy atom. The molecule has 0 amide bonds. The third-order valence-electron chi connectivity index (χ3n) is 0.337. The van der Waals surface area contributed by atoms with Crippen LogP contribution in [0.1, 0.15) is 20.8 Å². The van der Waals surface area contributed by atoms with Gasteiger partial charge in [-0.3, -0.25) is 0 Å². The number of hydrogen-bond acceptors (Lipinski definition) is 4. The van der Waals surface area contributed by atoms with E-state index in [1.54, 1.807) is 0 Å². The van der Waals surface area contributed by atoms with E-state index in [4.69, 9.17) is 14.6 Å². The second-order valence-electron chi connectivity index (χ2n) is 1.92. The zero-order valence-electron chi connectivity index (χ0n) is 7.66. The number of carbonyl (C=O) groups is 1. The Labute approximate surface area is 106 Å². The van der Waals surface area contributed by atoms with Gasteiger partial charge >= 0.3 is 29.6 Å². The summed E-state index contributed by atoms with van der Waals surface area (Å²) in [4.78, 5) is 8.89. The molecule has 0 N–H and O–H groups in total. The van der Waals surface area contributed by atoms with Crippen LogP contribution in [-0.2, 0) is 9.53 Å². The van der Waals surface area contributed by atoms with E-state index in [1.165, 1.54) is 0 Å². The van der Waals surface area contributed by atoms with E-state index in [0.717, 1.165) is 6.92 Å². The van der Waals surface area contributed by atoms with Crippen molar-refractivity contribution < 1.29 is 44.2 Å². The maximum absolute atomic E-state index is 8.89. The Bertz CT molecular complexity index is 135. The number of carboxylic acid groups (broad SMARTS) is 1. The first-order valence-electron chi connectivity index (χ1n) is 2.93. The van der Waals surface area contributed by atoms with Gasteiger partial charge in [0, 0.05) is 5.97 Å². The molecule has 0 heterocycles. The van der Waals surface area contributed by atoms with Crippen LogP contribution in [0.2, 0.25) is 0 Å². The van der Waals surface area contributed by atoms with Crippen molar-refractivity contribution in [1.82, 2.24) is 0 Å². The first-order valence-corrected chi connectivity index (χ1v) is 3.79. The van der Waals surface area contributed by atoms with E-state index in [-0.39, 0.29) is 35.7 Å². The quantitative estimate of drug-likeness (QED) is 0.297. The normalized spacial score (nSPS) is 7.42. The first-order chi connectivity index (χ1) is 4.86. The topological polar surface area (TPSA) is 49.4 Å². The van der Waals surface area contributed by atoms with E-state index in [0.29, 0.717) is 4.38 Å². The molecule has 0 aromatic carbocycles. The van der Waals surface area contributed by atoms with Crippen LogP contribution in [-0.4, -0.2) is 16.5 Å². The molecular formula is C6H11NaO3S2. The predicted octanol–water partition coefficient (Wildman–Crippen LogP) is -2.61. The minimum atomic E-state index is -1.08. The van der Waals surface area contributed by atoms with Crippen LogP contribution in [0.4, 0.5) is 0 Å². The molecule has 0 rings (SSSR count). The maximum atomic E-state index is 8.89. The average Bonchev–Trinajstić information content (AvgIpc) is 1.56. The summed E-state index contributed by atoms with van der Waals surface area (Å²) in [6, 6.07) is 0. The Hall–Kier alpha value is 0.710. The zero-order valence-corrected chi connectivity index (χ0v) is 11.4. The van der Waals surface area contributed by atoms with Gasteiger partial charge in [0.1, 0.15) is 0 Å². The van der Waals surface area contributed by atoms with E-state index < -0.39 is 5.97 Å². The van der Waals surface area contributed by atoms with Crippen molar-refractivity contribution in [2.75, 3.05) is 0 Å². The van der Waals surface area contributed by atoms with Gasteiger partial charge < -0.3 is 14.6 Å². The van der Waals surface area contributed by atoms with Crippen molar-refractivity contribution in [3.05, 3.63) is 0 Å². The molecule has 0 aromatic rings. The van der Waals surface area contributed by atoms with E-state index >= 15 is 0 Å². The van der Waals surface area contributed by atoms with Crippen molar-refractivity contribution in [1.29, 1.82) is 0 Å². The Morgan fingerprint density at radius 3 is 1.83 bits per heavy atom. The number of aliphatic carboxylic acids is 1. The third-order valence-corrected chi connectivity index (χ3v) is 0.538. The Morgan fingerprint density at radius 2 is 1.83 bits per heavy atom. The average molecular weight is 218 g/mol. The van der Waals surface area contributed by atoms with Crippen molar-refractivity contribution in [3.63, 3.8) is 0 Å². The molecule has 3 nitrogen and oxygen atoms in total. The maximum Gasteiger partial charge on any atom is 1.00 e. The van der Waals surface area contributed by atoms with Gasteiger partial charge in [-0.25, -0.2) is 0 Å². The molecule has 0 atom stereocenters. The number of thiol groups is 1. The fraction of sp³-hybridized carbons (Fsp3) is 0.667. The number of carbonyl (C=O) groups excluding carboxylic acids is 1. The fourth-order valence-electron chi connectivity index (χ4n) is 0.202. The van der Waals surface area contributed by atoms with Gasteiger partial charge in [0.25, 0.3) is 0 Å². The molecule has 0 fully saturated rings. The second-order valence-corrected chi connectivity index (χ2v) is 3.00. The van der Waals surface area contributed by atoms with Crippen molar-refractivity contribution in [2.45, 2.75) is 26.9 Å². The first kappa shape index (κ1) is 18.5. The Kier molecular flexibility index (Phi) is 18.0. The molecular weight excluding hydrogens is 207 g/mol. The fourth-order valence-corrected chi connectivity index (χ4v) is 0.605. The molecule has 0 aliphatic heterocycles. The molecule has 0 bridgehead atoms. The molecule has 0 unspecified atom stereocenters. The molecule has 0 spiro atoms. The second kappa shape index (κ2) is 11.7. The summed E-state index contributed by atoms with van der Waals surface area (Å²) >= 11 is 8.26. The summed E-state index contributed by atoms with van der Waals surface area (Å²) in [7, 11) is 0. The van der Waals surface area contributed by atoms with E-state index in [2.05, 4.69) is 24.8 Å². The van der Waals surface area contributed by atoms with Crippen LogP contribution in [0.3, 0.4) is 0 Å². The Balaban J connectivity index is -0.000000142. The number of hydrogen-bond donors (Lipinski definition) is 1. The zero-order chi connectivity index (χ0) is 9.44. The van der Waals surface area contributed by atoms with Gasteiger partial charge in [-0.05, 0) is 33.0 Å². The van der Waals surface area contributed by atoms with Gasteiger partial charge in [0.15, 0.2) is 0 Å². The molecule has 6 heteroatoms. The van der Waals surface area contributed by atoms with E-state index in [9.17, 15) is 0 Å². The number of carboxylic acids is 1. The van der Waals surface area contributed by atoms with Crippen LogP contribution < -0.4 is 34.7 Å². The van der Waals surface area contributed by atoms with Crippen LogP contribution in [0.25, 0.3) is 0 Å². The van der Waals surface area contributed by atoms with Gasteiger partial charge in [-0.1, -0.05) is 12.6 Å². The summed E-state index contributed by atoms with van der Waals surface area (Å²) in [5.41, 5.74) is 0. The van der Waals surface area contributed by atoms with Crippen LogP contribution in [0, 0.1) is 0 Å². The number of rotatable bonds is 1. The minimum absolute atomic E-state index is 0. The molecule has 0 saturated heterocycles. The summed E-state index contributed by atoms with van der Waals surface area (Å²) in [6.45, 7) is 4.78. The monoisotopic (exact) mass is 218 g/mol. The van der Waals surface area contributed by atoms with Crippen LogP contribution >= 0.6 is 24.8 Å². The molecule has 12 heavy (non-hydrogen) atoms. The largest absolute Gasteiger partial charge is 1.00 e. The van der Waals surface area contributed by atoms with Crippen molar-refractivity contribution in [2.24, 2.45) is 0 Å². The van der Waals surface area contributed by atoms with Gasteiger partial charge in [-0.2, -0.15) is 0 Å². The molecule has 0 aliphatic carbocycles.